The molecule has 0 atom stereocenters. The Morgan fingerprint density at radius 3 is 1.75 bits per heavy atom. The Balaban J connectivity index is 2.41. The van der Waals surface area contributed by atoms with E-state index in [-0.39, 0.29) is 0 Å². The summed E-state index contributed by atoms with van der Waals surface area (Å²) in [4.78, 5) is 2.38. The van der Waals surface area contributed by atoms with Gasteiger partial charge in [0, 0.05) is 0 Å². The van der Waals surface area contributed by atoms with Crippen molar-refractivity contribution in [2.45, 2.75) is 59.3 Å². The van der Waals surface area contributed by atoms with E-state index in [4.69, 9.17) is 0 Å². The van der Waals surface area contributed by atoms with Gasteiger partial charge >= 0.3 is 154 Å². The molecule has 128 valence electrons. The molecule has 2 rings (SSSR count). The van der Waals surface area contributed by atoms with Gasteiger partial charge in [-0.05, 0) is 0 Å². The van der Waals surface area contributed by atoms with E-state index >= 15 is 0 Å². The summed E-state index contributed by atoms with van der Waals surface area (Å²) in [7, 11) is 0. The Morgan fingerprint density at radius 1 is 0.750 bits per heavy atom. The van der Waals surface area contributed by atoms with Crippen LogP contribution in [-0.2, 0) is 0 Å². The Morgan fingerprint density at radius 2 is 1.29 bits per heavy atom. The van der Waals surface area contributed by atoms with Crippen molar-refractivity contribution < 1.29 is 0 Å². The first-order valence-electron chi connectivity index (χ1n) is 8.96. The summed E-state index contributed by atoms with van der Waals surface area (Å²) < 4.78 is 1.59. The van der Waals surface area contributed by atoms with Crippen LogP contribution in [0, 0.1) is 0 Å². The van der Waals surface area contributed by atoms with E-state index in [1.807, 2.05) is 0 Å². The standard InChI is InChI=1S/C23H30Se/c1-16(2)20-14-21(17(3)4)23(22(15-20)18(5)6)24-13-12-19-10-8-7-9-11-19/h7-18H,1-6H3/b13-12-. The van der Waals surface area contributed by atoms with E-state index in [1.54, 1.807) is 15.6 Å². The summed E-state index contributed by atoms with van der Waals surface area (Å²) in [5.74, 6) is 1.73. The Hall–Kier alpha value is -1.30. The summed E-state index contributed by atoms with van der Waals surface area (Å²) in [6, 6.07) is 15.5. The van der Waals surface area contributed by atoms with Gasteiger partial charge in [-0.25, -0.2) is 0 Å². The molecule has 0 nitrogen and oxygen atoms in total. The first-order valence-corrected chi connectivity index (χ1v) is 10.8. The van der Waals surface area contributed by atoms with Gasteiger partial charge in [0.15, 0.2) is 0 Å². The van der Waals surface area contributed by atoms with Crippen LogP contribution in [0.15, 0.2) is 47.4 Å². The molecule has 0 aliphatic rings. The van der Waals surface area contributed by atoms with Crippen LogP contribution in [-0.4, -0.2) is 15.0 Å². The van der Waals surface area contributed by atoms with Crippen molar-refractivity contribution in [1.29, 1.82) is 0 Å². The molecule has 0 radical (unpaired) electrons. The third kappa shape index (κ3) is 4.85. The van der Waals surface area contributed by atoms with E-state index in [1.165, 1.54) is 11.1 Å². The molecule has 0 saturated carbocycles. The monoisotopic (exact) mass is 386 g/mol. The van der Waals surface area contributed by atoms with Gasteiger partial charge in [-0.15, -0.1) is 0 Å². The Kier molecular flexibility index (Phi) is 6.89. The third-order valence-electron chi connectivity index (χ3n) is 4.33. The quantitative estimate of drug-likeness (QED) is 0.531. The fraction of sp³-hybridized carbons (Fsp3) is 0.391. The number of benzene rings is 2. The van der Waals surface area contributed by atoms with E-state index in [0.717, 1.165) is 0 Å². The normalized spacial score (nSPS) is 12.0. The van der Waals surface area contributed by atoms with Crippen molar-refractivity contribution in [1.82, 2.24) is 0 Å². The first kappa shape index (κ1) is 19.0. The van der Waals surface area contributed by atoms with Gasteiger partial charge in [0.05, 0.1) is 0 Å². The summed E-state index contributed by atoms with van der Waals surface area (Å²) in [6.45, 7) is 13.9. The molecule has 24 heavy (non-hydrogen) atoms. The molecule has 0 aliphatic heterocycles. The van der Waals surface area contributed by atoms with E-state index in [0.29, 0.717) is 32.7 Å². The van der Waals surface area contributed by atoms with E-state index < -0.39 is 0 Å². The van der Waals surface area contributed by atoms with Gasteiger partial charge in [-0.3, -0.25) is 0 Å². The number of hydrogen-bond acceptors (Lipinski definition) is 0. The van der Waals surface area contributed by atoms with Crippen molar-refractivity contribution in [3.05, 3.63) is 69.7 Å². The van der Waals surface area contributed by atoms with Crippen molar-refractivity contribution in [2.75, 3.05) is 0 Å². The average Bonchev–Trinajstić information content (AvgIpc) is 2.55. The van der Waals surface area contributed by atoms with Gasteiger partial charge < -0.3 is 0 Å². The van der Waals surface area contributed by atoms with E-state index in [2.05, 4.69) is 95.1 Å². The fourth-order valence-corrected chi connectivity index (χ4v) is 5.34. The second-order valence-electron chi connectivity index (χ2n) is 7.32. The molecule has 0 bridgehead atoms. The Bertz CT molecular complexity index is 649. The molecule has 2 aromatic carbocycles. The van der Waals surface area contributed by atoms with Gasteiger partial charge in [0.2, 0.25) is 0 Å². The predicted octanol–water partition coefficient (Wildman–Crippen LogP) is 6.06. The minimum atomic E-state index is 0.366. The molecule has 0 fully saturated rings. The van der Waals surface area contributed by atoms with Gasteiger partial charge in [0.1, 0.15) is 0 Å². The van der Waals surface area contributed by atoms with Crippen molar-refractivity contribution >= 4 is 25.5 Å². The van der Waals surface area contributed by atoms with Crippen LogP contribution < -0.4 is 4.46 Å². The van der Waals surface area contributed by atoms with E-state index in [9.17, 15) is 0 Å². The molecule has 1 heteroatoms. The summed E-state index contributed by atoms with van der Waals surface area (Å²) in [5.41, 5.74) is 5.86. The van der Waals surface area contributed by atoms with Crippen LogP contribution >= 0.6 is 0 Å². The molecule has 0 spiro atoms. The molecule has 0 amide bonds. The van der Waals surface area contributed by atoms with Gasteiger partial charge in [-0.2, -0.15) is 0 Å². The maximum atomic E-state index is 2.45. The Labute approximate surface area is 154 Å². The van der Waals surface area contributed by atoms with Crippen molar-refractivity contribution in [2.24, 2.45) is 0 Å². The fourth-order valence-electron chi connectivity index (χ4n) is 2.77. The van der Waals surface area contributed by atoms with Crippen molar-refractivity contribution in [3.8, 4) is 0 Å². The van der Waals surface area contributed by atoms with Crippen molar-refractivity contribution in [3.63, 3.8) is 0 Å². The van der Waals surface area contributed by atoms with Crippen LogP contribution in [0.25, 0.3) is 6.08 Å². The summed E-state index contributed by atoms with van der Waals surface area (Å²) in [5, 5.41) is 0. The van der Waals surface area contributed by atoms with Crippen LogP contribution in [0.1, 0.15) is 81.5 Å². The predicted molar refractivity (Wildman–Crippen MR) is 110 cm³/mol. The first-order chi connectivity index (χ1) is 11.4. The SMILES string of the molecule is CC(C)c1cc(C(C)C)c([Se]/C=C\c2ccccc2)c(C(C)C)c1. The zero-order chi connectivity index (χ0) is 17.7. The zero-order valence-electron chi connectivity index (χ0n) is 15.8. The average molecular weight is 385 g/mol. The topological polar surface area (TPSA) is 0 Å². The summed E-state index contributed by atoms with van der Waals surface area (Å²) in [6.07, 6.45) is 2.27. The number of rotatable bonds is 6. The van der Waals surface area contributed by atoms with Crippen LogP contribution in [0.5, 0.6) is 0 Å². The van der Waals surface area contributed by atoms with Gasteiger partial charge in [-0.1, -0.05) is 0 Å². The zero-order valence-corrected chi connectivity index (χ0v) is 17.5. The molecular weight excluding hydrogens is 355 g/mol. The molecule has 0 aliphatic carbocycles. The minimum absolute atomic E-state index is 0.366. The summed E-state index contributed by atoms with van der Waals surface area (Å²) >= 11 is 0.366. The van der Waals surface area contributed by atoms with Gasteiger partial charge in [0.25, 0.3) is 0 Å². The molecule has 0 saturated heterocycles. The second-order valence-corrected chi connectivity index (χ2v) is 9.25. The molecule has 2 aromatic rings. The van der Waals surface area contributed by atoms with Crippen LogP contribution in [0.2, 0.25) is 0 Å². The third-order valence-corrected chi connectivity index (χ3v) is 6.38. The van der Waals surface area contributed by atoms with Crippen LogP contribution in [0.3, 0.4) is 0 Å². The number of hydrogen-bond donors (Lipinski definition) is 0. The molecule has 0 heterocycles. The molecule has 0 aromatic heterocycles. The molecular formula is C23H30Se. The maximum absolute atomic E-state index is 2.45. The molecule has 0 unspecified atom stereocenters. The molecule has 0 N–H and O–H groups in total. The second kappa shape index (κ2) is 8.70. The van der Waals surface area contributed by atoms with Crippen LogP contribution in [0.4, 0.5) is 0 Å².